The molecular formula is C21H32N4O5. The Morgan fingerprint density at radius 2 is 2.03 bits per heavy atom. The summed E-state index contributed by atoms with van der Waals surface area (Å²) in [4.78, 5) is 51.7. The van der Waals surface area contributed by atoms with Gasteiger partial charge in [0.25, 0.3) is 0 Å². The summed E-state index contributed by atoms with van der Waals surface area (Å²) >= 11 is 0. The van der Waals surface area contributed by atoms with Crippen molar-refractivity contribution in [2.45, 2.75) is 83.0 Å². The van der Waals surface area contributed by atoms with Gasteiger partial charge < -0.3 is 21.1 Å². The molecule has 0 aromatic carbocycles. The van der Waals surface area contributed by atoms with Gasteiger partial charge in [-0.2, -0.15) is 0 Å². The lowest BCUT2D eigenvalue weighted by molar-refractivity contribution is -0.133. The number of carbonyl (C=O) groups excluding carboxylic acids is 4. The first-order valence-corrected chi connectivity index (χ1v) is 10.9. The minimum Gasteiger partial charge on any atom is -0.444 e. The molecule has 4 aliphatic rings. The highest BCUT2D eigenvalue weighted by Crippen LogP contribution is 2.67. The summed E-state index contributed by atoms with van der Waals surface area (Å²) in [6.07, 6.45) is 4.12. The van der Waals surface area contributed by atoms with Gasteiger partial charge in [0.2, 0.25) is 17.7 Å². The van der Waals surface area contributed by atoms with E-state index in [1.165, 1.54) is 0 Å². The van der Waals surface area contributed by atoms with Crippen LogP contribution in [0.25, 0.3) is 0 Å². The Balaban J connectivity index is 1.51. The third-order valence-electron chi connectivity index (χ3n) is 7.14. The van der Waals surface area contributed by atoms with Crippen molar-refractivity contribution in [3.63, 3.8) is 0 Å². The molecule has 2 aliphatic heterocycles. The second kappa shape index (κ2) is 7.13. The van der Waals surface area contributed by atoms with Crippen molar-refractivity contribution in [1.29, 1.82) is 0 Å². The molecule has 0 radical (unpaired) electrons. The van der Waals surface area contributed by atoms with E-state index in [-0.39, 0.29) is 41.5 Å². The van der Waals surface area contributed by atoms with E-state index in [4.69, 9.17) is 10.5 Å². The Hall–Kier alpha value is -2.32. The highest BCUT2D eigenvalue weighted by molar-refractivity contribution is 5.92. The minimum atomic E-state index is -0.943. The molecular weight excluding hydrogens is 388 g/mol. The number of fused-ring (bicyclic) bond motifs is 3. The molecule has 4 N–H and O–H groups in total. The van der Waals surface area contributed by atoms with Gasteiger partial charge in [-0.1, -0.05) is 0 Å². The fourth-order valence-electron chi connectivity index (χ4n) is 5.62. The number of nitrogens with one attached hydrogen (secondary N) is 2. The van der Waals surface area contributed by atoms with Crippen LogP contribution >= 0.6 is 0 Å². The summed E-state index contributed by atoms with van der Waals surface area (Å²) in [6, 6.07) is -1.63. The molecule has 5 atom stereocenters. The number of nitrogens with two attached hydrogens (primary N) is 1. The van der Waals surface area contributed by atoms with E-state index in [0.29, 0.717) is 13.0 Å². The zero-order valence-corrected chi connectivity index (χ0v) is 17.9. The number of ether oxygens (including phenoxy) is 1. The zero-order chi connectivity index (χ0) is 21.8. The van der Waals surface area contributed by atoms with Crippen LogP contribution in [0, 0.1) is 17.3 Å². The van der Waals surface area contributed by atoms with E-state index in [1.54, 1.807) is 25.7 Å². The lowest BCUT2D eigenvalue weighted by Gasteiger charge is -2.39. The van der Waals surface area contributed by atoms with Gasteiger partial charge in [0, 0.05) is 18.5 Å². The number of amides is 4. The average molecular weight is 421 g/mol. The number of hydrogen-bond donors (Lipinski definition) is 3. The Morgan fingerprint density at radius 3 is 2.57 bits per heavy atom. The fraction of sp³-hybridized carbons (Fsp3) is 0.810. The number of nitrogens with zero attached hydrogens (tertiary/aromatic N) is 1. The van der Waals surface area contributed by atoms with Gasteiger partial charge in [0.15, 0.2) is 0 Å². The molecule has 9 heteroatoms. The number of primary amides is 1. The van der Waals surface area contributed by atoms with Gasteiger partial charge >= 0.3 is 6.09 Å². The summed E-state index contributed by atoms with van der Waals surface area (Å²) in [7, 11) is 0. The first-order valence-electron chi connectivity index (χ1n) is 10.9. The highest BCUT2D eigenvalue weighted by atomic mass is 16.6. The molecule has 2 saturated carbocycles. The van der Waals surface area contributed by atoms with Gasteiger partial charge in [-0.25, -0.2) is 4.79 Å². The molecule has 0 aromatic heterocycles. The van der Waals surface area contributed by atoms with Gasteiger partial charge in [-0.3, -0.25) is 19.3 Å². The van der Waals surface area contributed by atoms with E-state index in [0.717, 1.165) is 25.7 Å². The van der Waals surface area contributed by atoms with Crippen LogP contribution in [0.3, 0.4) is 0 Å². The van der Waals surface area contributed by atoms with Crippen molar-refractivity contribution in [2.24, 2.45) is 23.0 Å². The predicted octanol–water partition coefficient (Wildman–Crippen LogP) is 0.661. The average Bonchev–Trinajstić information content (AvgIpc) is 2.96. The van der Waals surface area contributed by atoms with Crippen LogP contribution < -0.4 is 16.4 Å². The van der Waals surface area contributed by atoms with E-state index in [2.05, 4.69) is 10.6 Å². The summed E-state index contributed by atoms with van der Waals surface area (Å²) in [5.74, 6) is -1.45. The summed E-state index contributed by atoms with van der Waals surface area (Å²) in [6.45, 7) is 5.95. The van der Waals surface area contributed by atoms with Crippen LogP contribution in [0.15, 0.2) is 0 Å². The predicted molar refractivity (Wildman–Crippen MR) is 107 cm³/mol. The SMILES string of the molecule is CC(C)(C)OC(=O)N1[C@H]2C[C@@H]([C@H]1C(=O)N[C@@H](C[C@@H]1CCNC1=O)C(N)=O)C1(CC1)C2. The van der Waals surface area contributed by atoms with Gasteiger partial charge in [0.05, 0.1) is 0 Å². The topological polar surface area (TPSA) is 131 Å². The van der Waals surface area contributed by atoms with Crippen molar-refractivity contribution >= 4 is 23.8 Å². The fourth-order valence-corrected chi connectivity index (χ4v) is 5.62. The van der Waals surface area contributed by atoms with Crippen LogP contribution in [-0.2, 0) is 19.1 Å². The molecule has 1 spiro atoms. The lowest BCUT2D eigenvalue weighted by atomic mass is 9.84. The third-order valence-corrected chi connectivity index (χ3v) is 7.14. The molecule has 2 saturated heterocycles. The number of hydrogen-bond acceptors (Lipinski definition) is 5. The lowest BCUT2D eigenvalue weighted by Crippen LogP contribution is -2.58. The molecule has 4 amide bonds. The largest absolute Gasteiger partial charge is 0.444 e. The second-order valence-electron chi connectivity index (χ2n) is 10.4. The number of likely N-dealkylation sites (tertiary alicyclic amines) is 1. The van der Waals surface area contributed by atoms with Gasteiger partial charge in [-0.15, -0.1) is 0 Å². The molecule has 0 unspecified atom stereocenters. The van der Waals surface area contributed by atoms with E-state index >= 15 is 0 Å². The molecule has 2 heterocycles. The van der Waals surface area contributed by atoms with Crippen molar-refractivity contribution in [1.82, 2.24) is 15.5 Å². The first kappa shape index (κ1) is 20.9. The monoisotopic (exact) mass is 420 g/mol. The zero-order valence-electron chi connectivity index (χ0n) is 17.9. The second-order valence-corrected chi connectivity index (χ2v) is 10.4. The molecule has 166 valence electrons. The first-order chi connectivity index (χ1) is 14.0. The number of piperidine rings is 1. The Kier molecular flexibility index (Phi) is 4.97. The van der Waals surface area contributed by atoms with Crippen LogP contribution in [0.5, 0.6) is 0 Å². The third kappa shape index (κ3) is 3.74. The molecule has 2 bridgehead atoms. The quantitative estimate of drug-likeness (QED) is 0.601. The van der Waals surface area contributed by atoms with Crippen LogP contribution in [0.1, 0.15) is 59.3 Å². The maximum Gasteiger partial charge on any atom is 0.411 e. The minimum absolute atomic E-state index is 0.0178. The maximum atomic E-state index is 13.3. The van der Waals surface area contributed by atoms with Gasteiger partial charge in [0.1, 0.15) is 17.7 Å². The standard InChI is InChI=1S/C21H32N4O5/c1-20(2,3)30-19(29)25-12-9-13(21(10-12)5-6-21)15(25)18(28)24-14(16(22)26)8-11-4-7-23-17(11)27/h11-15H,4-10H2,1-3H3,(H2,22,26)(H,23,27)(H,24,28)/t11-,12-,13-,14-,15-/m0/s1. The van der Waals surface area contributed by atoms with Crippen molar-refractivity contribution in [3.8, 4) is 0 Å². The highest BCUT2D eigenvalue weighted by Gasteiger charge is 2.67. The normalized spacial score (nSPS) is 32.1. The summed E-state index contributed by atoms with van der Waals surface area (Å²) in [5, 5.41) is 5.49. The summed E-state index contributed by atoms with van der Waals surface area (Å²) in [5.41, 5.74) is 5.01. The van der Waals surface area contributed by atoms with Crippen LogP contribution in [0.4, 0.5) is 4.79 Å². The number of rotatable bonds is 5. The van der Waals surface area contributed by atoms with Crippen LogP contribution in [-0.4, -0.2) is 59.0 Å². The molecule has 9 nitrogen and oxygen atoms in total. The van der Waals surface area contributed by atoms with E-state index < -0.39 is 29.7 Å². The maximum absolute atomic E-state index is 13.3. The Bertz CT molecular complexity index is 772. The van der Waals surface area contributed by atoms with Gasteiger partial charge in [-0.05, 0) is 70.6 Å². The smallest absolute Gasteiger partial charge is 0.411 e. The Morgan fingerprint density at radius 1 is 1.33 bits per heavy atom. The molecule has 4 fully saturated rings. The molecule has 2 aliphatic carbocycles. The molecule has 4 rings (SSSR count). The summed E-state index contributed by atoms with van der Waals surface area (Å²) < 4.78 is 5.58. The van der Waals surface area contributed by atoms with Crippen molar-refractivity contribution in [2.75, 3.05) is 6.54 Å². The Labute approximate surface area is 176 Å². The van der Waals surface area contributed by atoms with Crippen molar-refractivity contribution in [3.05, 3.63) is 0 Å². The molecule has 30 heavy (non-hydrogen) atoms. The van der Waals surface area contributed by atoms with E-state index in [1.807, 2.05) is 0 Å². The van der Waals surface area contributed by atoms with Crippen molar-refractivity contribution < 1.29 is 23.9 Å². The number of carbonyl (C=O) groups is 4. The molecule has 0 aromatic rings. The van der Waals surface area contributed by atoms with Crippen LogP contribution in [0.2, 0.25) is 0 Å². The van der Waals surface area contributed by atoms with E-state index in [9.17, 15) is 19.2 Å².